The zero-order valence-electron chi connectivity index (χ0n) is 11.9. The number of nitrogens with zero attached hydrogens (tertiary/aromatic N) is 2. The highest BCUT2D eigenvalue weighted by Crippen LogP contribution is 2.27. The molecule has 2 bridgehead atoms. The Labute approximate surface area is 128 Å². The van der Waals surface area contributed by atoms with Crippen LogP contribution in [-0.2, 0) is 11.2 Å². The van der Waals surface area contributed by atoms with Crippen molar-refractivity contribution in [1.29, 1.82) is 0 Å². The first-order valence-electron chi connectivity index (χ1n) is 7.63. The predicted molar refractivity (Wildman–Crippen MR) is 84.4 cm³/mol. The fourth-order valence-electron chi connectivity index (χ4n) is 3.59. The number of hydrogen-bond acceptors (Lipinski definition) is 4. The van der Waals surface area contributed by atoms with E-state index in [0.29, 0.717) is 18.4 Å². The summed E-state index contributed by atoms with van der Waals surface area (Å²) in [6.07, 6.45) is 4.81. The summed E-state index contributed by atoms with van der Waals surface area (Å²) in [4.78, 5) is 14.8. The van der Waals surface area contributed by atoms with Crippen LogP contribution in [0.25, 0.3) is 10.1 Å². The molecule has 5 heteroatoms. The molecule has 110 valence electrons. The number of rotatable bonds is 3. The van der Waals surface area contributed by atoms with Crippen molar-refractivity contribution in [3.05, 3.63) is 30.0 Å². The molecule has 2 aromatic rings. The second-order valence-corrected chi connectivity index (χ2v) is 7.02. The van der Waals surface area contributed by atoms with Gasteiger partial charge in [-0.1, -0.05) is 12.1 Å². The zero-order valence-corrected chi connectivity index (χ0v) is 12.7. The standard InChI is InChI=1S/C16H19N3OS/c20-16(18-14-10-19-5-3-12(14)4-6-19)8-11-1-2-13-9-17-21-15(13)7-11/h1-2,7,9,12,14H,3-6,8,10H2,(H,18,20)/t14-/m0/s1. The van der Waals surface area contributed by atoms with E-state index in [2.05, 4.69) is 26.7 Å². The molecule has 1 amide bonds. The molecule has 4 nitrogen and oxygen atoms in total. The van der Waals surface area contributed by atoms with Crippen LogP contribution in [0.2, 0.25) is 0 Å². The number of benzene rings is 1. The molecule has 0 radical (unpaired) electrons. The Morgan fingerprint density at radius 2 is 2.24 bits per heavy atom. The van der Waals surface area contributed by atoms with Crippen LogP contribution in [0.5, 0.6) is 0 Å². The molecule has 1 atom stereocenters. The van der Waals surface area contributed by atoms with Crippen LogP contribution in [-0.4, -0.2) is 40.9 Å². The number of piperidine rings is 3. The number of carbonyl (C=O) groups is 1. The van der Waals surface area contributed by atoms with Crippen LogP contribution in [0, 0.1) is 5.92 Å². The van der Waals surface area contributed by atoms with Gasteiger partial charge in [-0.3, -0.25) is 4.79 Å². The SMILES string of the molecule is O=C(Cc1ccc2cnsc2c1)N[C@H]1CN2CCC1CC2. The fourth-order valence-corrected chi connectivity index (χ4v) is 4.30. The molecule has 21 heavy (non-hydrogen) atoms. The molecule has 0 aliphatic carbocycles. The highest BCUT2D eigenvalue weighted by molar-refractivity contribution is 7.13. The van der Waals surface area contributed by atoms with E-state index in [-0.39, 0.29) is 5.91 Å². The van der Waals surface area contributed by atoms with Gasteiger partial charge >= 0.3 is 0 Å². The molecular formula is C16H19N3OS. The molecule has 0 saturated carbocycles. The quantitative estimate of drug-likeness (QED) is 0.944. The second-order valence-electron chi connectivity index (χ2n) is 6.19. The Morgan fingerprint density at radius 3 is 3.00 bits per heavy atom. The summed E-state index contributed by atoms with van der Waals surface area (Å²) in [5.74, 6) is 0.834. The summed E-state index contributed by atoms with van der Waals surface area (Å²) in [5, 5.41) is 4.40. The molecule has 0 unspecified atom stereocenters. The van der Waals surface area contributed by atoms with E-state index in [4.69, 9.17) is 0 Å². The molecule has 3 fully saturated rings. The van der Waals surface area contributed by atoms with Gasteiger partial charge in [0.25, 0.3) is 0 Å². The third kappa shape index (κ3) is 2.68. The van der Waals surface area contributed by atoms with Crippen molar-refractivity contribution in [2.75, 3.05) is 19.6 Å². The van der Waals surface area contributed by atoms with Crippen molar-refractivity contribution in [3.8, 4) is 0 Å². The van der Waals surface area contributed by atoms with Crippen molar-refractivity contribution >= 4 is 27.5 Å². The summed E-state index contributed by atoms with van der Waals surface area (Å²) in [5.41, 5.74) is 1.07. The molecular weight excluding hydrogens is 282 g/mol. The normalized spacial score (nSPS) is 27.9. The van der Waals surface area contributed by atoms with E-state index in [0.717, 1.165) is 22.2 Å². The Bertz CT molecular complexity index is 660. The van der Waals surface area contributed by atoms with Crippen LogP contribution in [0.1, 0.15) is 18.4 Å². The van der Waals surface area contributed by atoms with Gasteiger partial charge in [0, 0.05) is 24.2 Å². The topological polar surface area (TPSA) is 45.2 Å². The van der Waals surface area contributed by atoms with E-state index in [1.54, 1.807) is 0 Å². The van der Waals surface area contributed by atoms with Crippen LogP contribution in [0.4, 0.5) is 0 Å². The van der Waals surface area contributed by atoms with Gasteiger partial charge < -0.3 is 10.2 Å². The summed E-state index contributed by atoms with van der Waals surface area (Å²) in [6, 6.07) is 6.53. The molecule has 0 spiro atoms. The lowest BCUT2D eigenvalue weighted by atomic mass is 9.84. The van der Waals surface area contributed by atoms with Gasteiger partial charge in [-0.2, -0.15) is 4.37 Å². The average Bonchev–Trinajstić information content (AvgIpc) is 2.96. The van der Waals surface area contributed by atoms with Gasteiger partial charge in [-0.25, -0.2) is 0 Å². The minimum absolute atomic E-state index is 0.151. The van der Waals surface area contributed by atoms with Crippen molar-refractivity contribution in [3.63, 3.8) is 0 Å². The van der Waals surface area contributed by atoms with Gasteiger partial charge in [-0.05, 0) is 55.0 Å². The molecule has 1 N–H and O–H groups in total. The first-order chi connectivity index (χ1) is 10.3. The van der Waals surface area contributed by atoms with E-state index < -0.39 is 0 Å². The highest BCUT2D eigenvalue weighted by atomic mass is 32.1. The van der Waals surface area contributed by atoms with Crippen molar-refractivity contribution in [1.82, 2.24) is 14.6 Å². The Hall–Kier alpha value is -1.46. The van der Waals surface area contributed by atoms with Gasteiger partial charge in [0.05, 0.1) is 11.1 Å². The lowest BCUT2D eigenvalue weighted by molar-refractivity contribution is -0.122. The second kappa shape index (κ2) is 5.39. The maximum Gasteiger partial charge on any atom is 0.224 e. The maximum absolute atomic E-state index is 12.3. The van der Waals surface area contributed by atoms with E-state index in [1.165, 1.54) is 37.5 Å². The third-order valence-corrected chi connectivity index (χ3v) is 5.55. The van der Waals surface area contributed by atoms with Gasteiger partial charge in [-0.15, -0.1) is 0 Å². The number of nitrogens with one attached hydrogen (secondary N) is 1. The first-order valence-corrected chi connectivity index (χ1v) is 8.40. The highest BCUT2D eigenvalue weighted by Gasteiger charge is 2.34. The van der Waals surface area contributed by atoms with Crippen LogP contribution in [0.15, 0.2) is 24.4 Å². The molecule has 3 aliphatic rings. The predicted octanol–water partition coefficient (Wildman–Crippen LogP) is 2.05. The number of carbonyl (C=O) groups excluding carboxylic acids is 1. The molecule has 3 saturated heterocycles. The lowest BCUT2D eigenvalue weighted by Gasteiger charge is -2.44. The first kappa shape index (κ1) is 13.2. The van der Waals surface area contributed by atoms with Crippen molar-refractivity contribution in [2.24, 2.45) is 5.92 Å². The molecule has 1 aromatic carbocycles. The fraction of sp³-hybridized carbons (Fsp3) is 0.500. The Balaban J connectivity index is 1.41. The average molecular weight is 301 g/mol. The van der Waals surface area contributed by atoms with Gasteiger partial charge in [0.15, 0.2) is 0 Å². The number of fused-ring (bicyclic) bond motifs is 4. The Morgan fingerprint density at radius 1 is 1.38 bits per heavy atom. The van der Waals surface area contributed by atoms with E-state index in [9.17, 15) is 4.79 Å². The van der Waals surface area contributed by atoms with Crippen molar-refractivity contribution < 1.29 is 4.79 Å². The van der Waals surface area contributed by atoms with Gasteiger partial charge in [0.2, 0.25) is 5.91 Å². The summed E-state index contributed by atoms with van der Waals surface area (Å²) >= 11 is 1.49. The van der Waals surface area contributed by atoms with E-state index in [1.807, 2.05) is 12.3 Å². The van der Waals surface area contributed by atoms with Crippen LogP contribution in [0.3, 0.4) is 0 Å². The monoisotopic (exact) mass is 301 g/mol. The Kier molecular flexibility index (Phi) is 3.39. The smallest absolute Gasteiger partial charge is 0.224 e. The van der Waals surface area contributed by atoms with Crippen LogP contribution < -0.4 is 5.32 Å². The maximum atomic E-state index is 12.3. The third-order valence-electron chi connectivity index (χ3n) is 4.79. The number of aromatic nitrogens is 1. The molecule has 3 aliphatic heterocycles. The lowest BCUT2D eigenvalue weighted by Crippen LogP contribution is -2.57. The zero-order chi connectivity index (χ0) is 14.2. The van der Waals surface area contributed by atoms with E-state index >= 15 is 0 Å². The minimum atomic E-state index is 0.151. The molecule has 4 heterocycles. The largest absolute Gasteiger partial charge is 0.352 e. The van der Waals surface area contributed by atoms with Gasteiger partial charge in [0.1, 0.15) is 0 Å². The molecule has 1 aromatic heterocycles. The summed E-state index contributed by atoms with van der Waals surface area (Å²) in [6.45, 7) is 3.45. The van der Waals surface area contributed by atoms with Crippen molar-refractivity contribution in [2.45, 2.75) is 25.3 Å². The minimum Gasteiger partial charge on any atom is -0.352 e. The number of amides is 1. The molecule has 5 rings (SSSR count). The van der Waals surface area contributed by atoms with Crippen LogP contribution >= 0.6 is 11.5 Å². The number of hydrogen-bond donors (Lipinski definition) is 1. The summed E-state index contributed by atoms with van der Waals surface area (Å²) in [7, 11) is 0. The summed E-state index contributed by atoms with van der Waals surface area (Å²) < 4.78 is 5.33.